The van der Waals surface area contributed by atoms with Gasteiger partial charge in [-0.3, -0.25) is 4.98 Å². The normalized spacial score (nSPS) is 11.9. The number of hydrogen-bond donors (Lipinski definition) is 1. The molecule has 2 rings (SSSR count). The highest BCUT2D eigenvalue weighted by Gasteiger charge is 2.14. The Hall–Kier alpha value is -2.21. The summed E-state index contributed by atoms with van der Waals surface area (Å²) in [6.07, 6.45) is 3.20. The van der Waals surface area contributed by atoms with Crippen LogP contribution in [0, 0.1) is 0 Å². The van der Waals surface area contributed by atoms with Gasteiger partial charge in [0, 0.05) is 18.8 Å². The van der Waals surface area contributed by atoms with Gasteiger partial charge in [-0.2, -0.15) is 0 Å². The highest BCUT2D eigenvalue weighted by Crippen LogP contribution is 2.23. The van der Waals surface area contributed by atoms with E-state index in [-0.39, 0.29) is 6.04 Å². The van der Waals surface area contributed by atoms with Gasteiger partial charge in [-0.05, 0) is 19.1 Å². The second-order valence-corrected chi connectivity index (χ2v) is 4.23. The molecule has 0 aromatic carbocycles. The first kappa shape index (κ1) is 14.2. The minimum atomic E-state index is 0.103. The third-order valence-corrected chi connectivity index (χ3v) is 2.97. The lowest BCUT2D eigenvalue weighted by Crippen LogP contribution is -2.20. The van der Waals surface area contributed by atoms with Crippen molar-refractivity contribution in [2.75, 3.05) is 14.2 Å². The monoisotopic (exact) mass is 274 g/mol. The molecule has 0 saturated carbocycles. The summed E-state index contributed by atoms with van der Waals surface area (Å²) in [6, 6.07) is 5.94. The topological polar surface area (TPSA) is 69.2 Å². The summed E-state index contributed by atoms with van der Waals surface area (Å²) < 4.78 is 10.5. The molecule has 1 N–H and O–H groups in total. The zero-order valence-electron chi connectivity index (χ0n) is 11.8. The van der Waals surface area contributed by atoms with Crippen molar-refractivity contribution in [2.45, 2.75) is 19.5 Å². The van der Waals surface area contributed by atoms with Crippen molar-refractivity contribution in [2.24, 2.45) is 0 Å². The molecule has 106 valence electrons. The lowest BCUT2D eigenvalue weighted by molar-refractivity contribution is 0.357. The van der Waals surface area contributed by atoms with Crippen LogP contribution in [0.2, 0.25) is 0 Å². The Labute approximate surface area is 118 Å². The molecule has 0 aliphatic carbocycles. The average Bonchev–Trinajstić information content (AvgIpc) is 2.52. The highest BCUT2D eigenvalue weighted by atomic mass is 16.5. The summed E-state index contributed by atoms with van der Waals surface area (Å²) in [4.78, 5) is 12.5. The molecule has 6 heteroatoms. The fraction of sp³-hybridized carbons (Fsp3) is 0.357. The number of aromatic nitrogens is 3. The lowest BCUT2D eigenvalue weighted by Gasteiger charge is -2.15. The highest BCUT2D eigenvalue weighted by molar-refractivity contribution is 5.34. The van der Waals surface area contributed by atoms with E-state index < -0.39 is 0 Å². The van der Waals surface area contributed by atoms with Gasteiger partial charge in [-0.1, -0.05) is 6.07 Å². The maximum atomic E-state index is 5.24. The molecular formula is C14H18N4O2. The maximum Gasteiger partial charge on any atom is 0.224 e. The minimum absolute atomic E-state index is 0.103. The number of nitrogens with zero attached hydrogens (tertiary/aromatic N) is 3. The van der Waals surface area contributed by atoms with E-state index in [2.05, 4.69) is 20.3 Å². The molecule has 0 fully saturated rings. The van der Waals surface area contributed by atoms with Crippen LogP contribution < -0.4 is 14.8 Å². The molecule has 0 aliphatic heterocycles. The molecule has 6 nitrogen and oxygen atoms in total. The molecular weight excluding hydrogens is 256 g/mol. The van der Waals surface area contributed by atoms with E-state index in [4.69, 9.17) is 9.47 Å². The number of rotatable bonds is 6. The van der Waals surface area contributed by atoms with Crippen molar-refractivity contribution in [1.82, 2.24) is 20.3 Å². The molecule has 0 saturated heterocycles. The van der Waals surface area contributed by atoms with Gasteiger partial charge >= 0.3 is 0 Å². The standard InChI is InChI=1S/C14H18N4O2/c1-10(12-6-4-5-7-15-12)16-8-11-13(19-2)17-9-18-14(11)20-3/h4-7,9-10,16H,8H2,1-3H3. The second-order valence-electron chi connectivity index (χ2n) is 4.23. The molecule has 0 aliphatic rings. The largest absolute Gasteiger partial charge is 0.481 e. The van der Waals surface area contributed by atoms with Gasteiger partial charge in [0.25, 0.3) is 0 Å². The van der Waals surface area contributed by atoms with Crippen molar-refractivity contribution < 1.29 is 9.47 Å². The minimum Gasteiger partial charge on any atom is -0.481 e. The Balaban J connectivity index is 2.11. The summed E-state index contributed by atoms with van der Waals surface area (Å²) in [6.45, 7) is 2.58. The summed E-state index contributed by atoms with van der Waals surface area (Å²) >= 11 is 0. The van der Waals surface area contributed by atoms with E-state index in [9.17, 15) is 0 Å². The second kappa shape index (κ2) is 6.81. The van der Waals surface area contributed by atoms with E-state index in [0.29, 0.717) is 18.3 Å². The number of hydrogen-bond acceptors (Lipinski definition) is 6. The summed E-state index contributed by atoms with van der Waals surface area (Å²) in [5, 5.41) is 3.36. The van der Waals surface area contributed by atoms with Crippen molar-refractivity contribution in [3.63, 3.8) is 0 Å². The Bertz CT molecular complexity index is 526. The number of nitrogens with one attached hydrogen (secondary N) is 1. The molecule has 0 amide bonds. The van der Waals surface area contributed by atoms with E-state index in [1.165, 1.54) is 6.33 Å². The number of methoxy groups -OCH3 is 2. The van der Waals surface area contributed by atoms with Crippen LogP contribution in [-0.2, 0) is 6.54 Å². The van der Waals surface area contributed by atoms with Crippen molar-refractivity contribution in [1.29, 1.82) is 0 Å². The molecule has 0 radical (unpaired) electrons. The zero-order valence-corrected chi connectivity index (χ0v) is 11.8. The van der Waals surface area contributed by atoms with Gasteiger partial charge in [0.1, 0.15) is 6.33 Å². The van der Waals surface area contributed by atoms with Crippen molar-refractivity contribution >= 4 is 0 Å². The number of pyridine rings is 1. The Kier molecular flexibility index (Phi) is 4.84. The molecule has 0 bridgehead atoms. The van der Waals surface area contributed by atoms with Gasteiger partial charge in [0.05, 0.1) is 25.5 Å². The quantitative estimate of drug-likeness (QED) is 0.865. The van der Waals surface area contributed by atoms with Gasteiger partial charge < -0.3 is 14.8 Å². The van der Waals surface area contributed by atoms with Crippen molar-refractivity contribution in [3.8, 4) is 11.8 Å². The molecule has 0 spiro atoms. The van der Waals surface area contributed by atoms with Gasteiger partial charge in [-0.25, -0.2) is 9.97 Å². The van der Waals surface area contributed by atoms with Crippen LogP contribution in [0.5, 0.6) is 11.8 Å². The molecule has 1 unspecified atom stereocenters. The SMILES string of the molecule is COc1ncnc(OC)c1CNC(C)c1ccccn1. The Morgan fingerprint density at radius 2 is 1.80 bits per heavy atom. The first-order valence-corrected chi connectivity index (χ1v) is 6.32. The molecule has 2 aromatic rings. The summed E-state index contributed by atoms with van der Waals surface area (Å²) in [5.74, 6) is 1.02. The molecule has 2 heterocycles. The van der Waals surface area contributed by atoms with Crippen LogP contribution in [0.4, 0.5) is 0 Å². The predicted octanol–water partition coefficient (Wildman–Crippen LogP) is 1.74. The molecule has 2 aromatic heterocycles. The van der Waals surface area contributed by atoms with Crippen LogP contribution in [0.1, 0.15) is 24.2 Å². The third-order valence-electron chi connectivity index (χ3n) is 2.97. The van der Waals surface area contributed by atoms with Crippen LogP contribution >= 0.6 is 0 Å². The Morgan fingerprint density at radius 3 is 2.35 bits per heavy atom. The van der Waals surface area contributed by atoms with E-state index >= 15 is 0 Å². The van der Waals surface area contributed by atoms with Gasteiger partial charge in [-0.15, -0.1) is 0 Å². The van der Waals surface area contributed by atoms with Crippen molar-refractivity contribution in [3.05, 3.63) is 42.0 Å². The van der Waals surface area contributed by atoms with Crippen LogP contribution in [-0.4, -0.2) is 29.2 Å². The van der Waals surface area contributed by atoms with E-state index in [0.717, 1.165) is 11.3 Å². The maximum absolute atomic E-state index is 5.24. The fourth-order valence-electron chi connectivity index (χ4n) is 1.88. The van der Waals surface area contributed by atoms with Crippen LogP contribution in [0.25, 0.3) is 0 Å². The first-order chi connectivity index (χ1) is 9.76. The van der Waals surface area contributed by atoms with E-state index in [1.54, 1.807) is 20.4 Å². The number of ether oxygens (including phenoxy) is 2. The average molecular weight is 274 g/mol. The Morgan fingerprint density at radius 1 is 1.10 bits per heavy atom. The third kappa shape index (κ3) is 3.21. The van der Waals surface area contributed by atoms with E-state index in [1.807, 2.05) is 25.1 Å². The fourth-order valence-corrected chi connectivity index (χ4v) is 1.88. The van der Waals surface area contributed by atoms with Gasteiger partial charge in [0.2, 0.25) is 11.8 Å². The summed E-state index contributed by atoms with van der Waals surface area (Å²) in [7, 11) is 3.15. The van der Waals surface area contributed by atoms with Gasteiger partial charge in [0.15, 0.2) is 0 Å². The lowest BCUT2D eigenvalue weighted by atomic mass is 10.2. The zero-order chi connectivity index (χ0) is 14.4. The van der Waals surface area contributed by atoms with Crippen LogP contribution in [0.3, 0.4) is 0 Å². The first-order valence-electron chi connectivity index (χ1n) is 6.32. The van der Waals surface area contributed by atoms with Crippen LogP contribution in [0.15, 0.2) is 30.7 Å². The smallest absolute Gasteiger partial charge is 0.224 e. The predicted molar refractivity (Wildman–Crippen MR) is 74.6 cm³/mol. The molecule has 1 atom stereocenters. The summed E-state index contributed by atoms with van der Waals surface area (Å²) in [5.41, 5.74) is 1.77. The molecule has 20 heavy (non-hydrogen) atoms.